The third-order valence-electron chi connectivity index (χ3n) is 3.82. The number of nitrogens with zero attached hydrogens (tertiary/aromatic N) is 2. The molecule has 140 valence electrons. The number of carbonyl (C=O) groups is 1. The normalized spacial score (nSPS) is 10.7. The molecule has 0 radical (unpaired) electrons. The first-order valence-electron chi connectivity index (χ1n) is 7.89. The number of esters is 1. The Morgan fingerprint density at radius 3 is 2.56 bits per heavy atom. The lowest BCUT2D eigenvalue weighted by Crippen LogP contribution is -2.01. The number of pyridine rings is 1. The van der Waals surface area contributed by atoms with E-state index in [9.17, 15) is 18.7 Å². The first kappa shape index (κ1) is 18.4. The molecule has 0 aliphatic carbocycles. The molecule has 1 aromatic carbocycles. The van der Waals surface area contributed by atoms with Gasteiger partial charge in [-0.05, 0) is 23.8 Å². The summed E-state index contributed by atoms with van der Waals surface area (Å²) in [5.74, 6) is -1.88. The molecule has 0 amide bonds. The molecule has 0 aliphatic rings. The van der Waals surface area contributed by atoms with Crippen molar-refractivity contribution < 1.29 is 28.2 Å². The molecule has 3 aromatic rings. The highest BCUT2D eigenvalue weighted by atomic mass is 19.1. The highest BCUT2D eigenvalue weighted by molar-refractivity contribution is 5.91. The Kier molecular flexibility index (Phi) is 5.07. The van der Waals surface area contributed by atoms with Gasteiger partial charge in [-0.3, -0.25) is 0 Å². The predicted molar refractivity (Wildman–Crippen MR) is 92.3 cm³/mol. The van der Waals surface area contributed by atoms with Gasteiger partial charge in [-0.25, -0.2) is 18.6 Å². The fourth-order valence-electron chi connectivity index (χ4n) is 2.62. The molecule has 6 nitrogen and oxygen atoms in total. The second kappa shape index (κ2) is 7.45. The molecule has 0 atom stereocenters. The number of halogens is 2. The number of benzene rings is 1. The average molecular weight is 374 g/mol. The summed E-state index contributed by atoms with van der Waals surface area (Å²) in [4.78, 5) is 15.9. The summed E-state index contributed by atoms with van der Waals surface area (Å²) in [6, 6.07) is 5.97. The van der Waals surface area contributed by atoms with Crippen LogP contribution in [0.25, 0.3) is 11.4 Å². The van der Waals surface area contributed by atoms with Crippen molar-refractivity contribution >= 4 is 5.97 Å². The molecule has 2 heterocycles. The van der Waals surface area contributed by atoms with Crippen molar-refractivity contribution in [3.8, 4) is 22.9 Å². The van der Waals surface area contributed by atoms with Gasteiger partial charge in [-0.15, -0.1) is 0 Å². The molecular formula is C19H16F2N2O4. The van der Waals surface area contributed by atoms with Gasteiger partial charge in [-0.2, -0.15) is 0 Å². The van der Waals surface area contributed by atoms with Gasteiger partial charge in [0, 0.05) is 25.4 Å². The van der Waals surface area contributed by atoms with Crippen molar-refractivity contribution in [2.45, 2.75) is 6.61 Å². The van der Waals surface area contributed by atoms with Gasteiger partial charge in [0.05, 0.1) is 24.6 Å². The van der Waals surface area contributed by atoms with Gasteiger partial charge in [-0.1, -0.05) is 0 Å². The minimum atomic E-state index is -0.715. The number of carbonyl (C=O) groups excluding carboxylic acids is 1. The van der Waals surface area contributed by atoms with Gasteiger partial charge in [0.15, 0.2) is 5.75 Å². The van der Waals surface area contributed by atoms with E-state index in [2.05, 4.69) is 4.98 Å². The fourth-order valence-corrected chi connectivity index (χ4v) is 2.62. The maximum Gasteiger partial charge on any atom is 0.339 e. The van der Waals surface area contributed by atoms with Crippen molar-refractivity contribution in [3.63, 3.8) is 0 Å². The highest BCUT2D eigenvalue weighted by Crippen LogP contribution is 2.32. The zero-order chi connectivity index (χ0) is 19.6. The van der Waals surface area contributed by atoms with Crippen LogP contribution in [0.5, 0.6) is 11.5 Å². The number of ether oxygens (including phenoxy) is 2. The molecule has 8 heteroatoms. The number of rotatable bonds is 5. The summed E-state index contributed by atoms with van der Waals surface area (Å²) in [5, 5.41) is 9.73. The quantitative estimate of drug-likeness (QED) is 0.693. The number of hydrogen-bond donors (Lipinski definition) is 1. The van der Waals surface area contributed by atoms with E-state index in [1.807, 2.05) is 0 Å². The fraction of sp³-hybridized carbons (Fsp3) is 0.158. The molecule has 0 spiro atoms. The van der Waals surface area contributed by atoms with Crippen molar-refractivity contribution in [1.29, 1.82) is 0 Å². The molecule has 0 saturated heterocycles. The summed E-state index contributed by atoms with van der Waals surface area (Å²) in [6.45, 7) is -0.138. The second-order valence-electron chi connectivity index (χ2n) is 5.82. The number of aromatic nitrogens is 2. The maximum atomic E-state index is 13.3. The smallest absolute Gasteiger partial charge is 0.339 e. The van der Waals surface area contributed by atoms with Crippen LogP contribution >= 0.6 is 0 Å². The van der Waals surface area contributed by atoms with Crippen LogP contribution in [-0.4, -0.2) is 27.7 Å². The van der Waals surface area contributed by atoms with Crippen LogP contribution < -0.4 is 4.74 Å². The number of methoxy groups -OCH3 is 1. The lowest BCUT2D eigenvalue weighted by molar-refractivity contribution is 0.0600. The zero-order valence-electron chi connectivity index (χ0n) is 14.6. The first-order chi connectivity index (χ1) is 12.9. The second-order valence-corrected chi connectivity index (χ2v) is 5.82. The number of aromatic hydroxyl groups is 1. The summed E-state index contributed by atoms with van der Waals surface area (Å²) >= 11 is 0. The lowest BCUT2D eigenvalue weighted by atomic mass is 10.2. The molecule has 0 bridgehead atoms. The Labute approximate surface area is 153 Å². The van der Waals surface area contributed by atoms with E-state index in [1.165, 1.54) is 19.4 Å². The third-order valence-corrected chi connectivity index (χ3v) is 3.82. The topological polar surface area (TPSA) is 73.6 Å². The molecule has 27 heavy (non-hydrogen) atoms. The van der Waals surface area contributed by atoms with Crippen LogP contribution in [0.2, 0.25) is 0 Å². The standard InChI is InChI=1S/C19H16F2N2O4/c1-23-9-12(19(25)26-2)5-16(23)18-17(7-15(24)8-22-18)27-10-11-3-13(20)6-14(21)4-11/h3-9,24H,10H2,1-2H3. The molecule has 2 aromatic heterocycles. The SMILES string of the molecule is COC(=O)c1cc(-c2ncc(O)cc2OCc2cc(F)cc(F)c2)n(C)c1. The van der Waals surface area contributed by atoms with E-state index >= 15 is 0 Å². The van der Waals surface area contributed by atoms with Crippen LogP contribution in [0.3, 0.4) is 0 Å². The molecule has 1 N–H and O–H groups in total. The highest BCUT2D eigenvalue weighted by Gasteiger charge is 2.17. The predicted octanol–water partition coefficient (Wildman–Crippen LogP) is 3.44. The van der Waals surface area contributed by atoms with Crippen molar-refractivity contribution in [2.75, 3.05) is 7.11 Å². The van der Waals surface area contributed by atoms with Crippen LogP contribution in [0.1, 0.15) is 15.9 Å². The Morgan fingerprint density at radius 2 is 1.89 bits per heavy atom. The van der Waals surface area contributed by atoms with Crippen LogP contribution in [0.15, 0.2) is 42.7 Å². The summed E-state index contributed by atoms with van der Waals surface area (Å²) in [5.41, 5.74) is 1.49. The van der Waals surface area contributed by atoms with Crippen LogP contribution in [0.4, 0.5) is 8.78 Å². The van der Waals surface area contributed by atoms with Crippen LogP contribution in [0, 0.1) is 11.6 Å². The molecule has 0 fully saturated rings. The summed E-state index contributed by atoms with van der Waals surface area (Å²) in [6.07, 6.45) is 2.80. The third kappa shape index (κ3) is 4.05. The largest absolute Gasteiger partial charge is 0.506 e. The van der Waals surface area contributed by atoms with Crippen molar-refractivity contribution in [3.05, 3.63) is 65.5 Å². The molecular weight excluding hydrogens is 358 g/mol. The monoisotopic (exact) mass is 374 g/mol. The average Bonchev–Trinajstić information content (AvgIpc) is 3.00. The number of aryl methyl sites for hydroxylation is 1. The summed E-state index contributed by atoms with van der Waals surface area (Å²) < 4.78 is 38.7. The van der Waals surface area contributed by atoms with Crippen molar-refractivity contribution in [2.24, 2.45) is 7.05 Å². The molecule has 0 unspecified atom stereocenters. The minimum absolute atomic E-state index is 0.137. The van der Waals surface area contributed by atoms with E-state index in [-0.39, 0.29) is 23.7 Å². The van der Waals surface area contributed by atoms with Gasteiger partial charge in [0.2, 0.25) is 0 Å². The van der Waals surface area contributed by atoms with Crippen LogP contribution in [-0.2, 0) is 18.4 Å². The van der Waals surface area contributed by atoms with E-state index in [4.69, 9.17) is 9.47 Å². The maximum absolute atomic E-state index is 13.3. The Bertz CT molecular complexity index is 981. The summed E-state index contributed by atoms with van der Waals surface area (Å²) in [7, 11) is 2.99. The zero-order valence-corrected chi connectivity index (χ0v) is 14.6. The Balaban J connectivity index is 1.94. The minimum Gasteiger partial charge on any atom is -0.506 e. The van der Waals surface area contributed by atoms with E-state index in [0.717, 1.165) is 18.2 Å². The first-order valence-corrected chi connectivity index (χ1v) is 7.89. The van der Waals surface area contributed by atoms with E-state index < -0.39 is 17.6 Å². The molecule has 3 rings (SSSR count). The Morgan fingerprint density at radius 1 is 1.19 bits per heavy atom. The van der Waals surface area contributed by atoms with E-state index in [0.29, 0.717) is 17.0 Å². The number of hydrogen-bond acceptors (Lipinski definition) is 5. The Hall–Kier alpha value is -3.42. The molecule has 0 saturated carbocycles. The molecule has 0 aliphatic heterocycles. The lowest BCUT2D eigenvalue weighted by Gasteiger charge is -2.12. The van der Waals surface area contributed by atoms with Gasteiger partial charge >= 0.3 is 5.97 Å². The van der Waals surface area contributed by atoms with E-state index in [1.54, 1.807) is 23.9 Å². The van der Waals surface area contributed by atoms with Crippen molar-refractivity contribution in [1.82, 2.24) is 9.55 Å². The van der Waals surface area contributed by atoms with Gasteiger partial charge in [0.25, 0.3) is 0 Å². The van der Waals surface area contributed by atoms with Gasteiger partial charge in [0.1, 0.15) is 29.7 Å². The van der Waals surface area contributed by atoms with Gasteiger partial charge < -0.3 is 19.1 Å².